The zero-order valence-electron chi connectivity index (χ0n) is 10.9. The topological polar surface area (TPSA) is 55.7 Å². The maximum atomic E-state index is 13.4. The fourth-order valence-electron chi connectivity index (χ4n) is 2.42. The number of aromatic hydroxyl groups is 1. The Hall–Kier alpha value is -0.880. The normalized spacial score (nSPS) is 17.8. The van der Waals surface area contributed by atoms with Crippen molar-refractivity contribution < 1.29 is 14.6 Å². The first kappa shape index (κ1) is 16.2. The van der Waals surface area contributed by atoms with Crippen LogP contribution in [-0.4, -0.2) is 47.9 Å². The van der Waals surface area contributed by atoms with E-state index in [1.54, 1.807) is 6.92 Å². The Morgan fingerprint density at radius 2 is 2.00 bits per heavy atom. The van der Waals surface area contributed by atoms with Crippen LogP contribution in [0.4, 0.5) is 4.39 Å². The van der Waals surface area contributed by atoms with Crippen LogP contribution in [0.15, 0.2) is 12.1 Å². The van der Waals surface area contributed by atoms with Gasteiger partial charge in [0.2, 0.25) is 0 Å². The molecular weight excluding hydrogens is 271 g/mol. The number of nitrogens with zero attached hydrogens (tertiary/aromatic N) is 1. The molecule has 1 aliphatic rings. The number of rotatable bonds is 3. The third kappa shape index (κ3) is 3.57. The summed E-state index contributed by atoms with van der Waals surface area (Å²) >= 11 is 0. The van der Waals surface area contributed by atoms with Gasteiger partial charge >= 0.3 is 0 Å². The number of phenols is 1. The molecule has 2 rings (SSSR count). The fraction of sp³-hybridized carbons (Fsp3) is 0.538. The summed E-state index contributed by atoms with van der Waals surface area (Å²) in [6.07, 6.45) is 0. The molecular formula is C13H20ClFN2O2. The van der Waals surface area contributed by atoms with Crippen LogP contribution in [0.25, 0.3) is 0 Å². The Morgan fingerprint density at radius 3 is 2.58 bits per heavy atom. The summed E-state index contributed by atoms with van der Waals surface area (Å²) in [6.45, 7) is 4.77. The SMILES string of the molecule is Cc1cc(F)cc([C@@H](CO)N2CCNCC2)c1O.Cl. The van der Waals surface area contributed by atoms with E-state index in [9.17, 15) is 14.6 Å². The number of aliphatic hydroxyl groups excluding tert-OH is 1. The molecule has 0 amide bonds. The number of aryl methyl sites for hydroxylation is 1. The van der Waals surface area contributed by atoms with Gasteiger partial charge in [0.25, 0.3) is 0 Å². The minimum atomic E-state index is -0.381. The third-order valence-corrected chi connectivity index (χ3v) is 3.42. The van der Waals surface area contributed by atoms with Crippen LogP contribution in [0, 0.1) is 12.7 Å². The van der Waals surface area contributed by atoms with Crippen molar-refractivity contribution in [1.82, 2.24) is 10.2 Å². The van der Waals surface area contributed by atoms with Gasteiger partial charge in [-0.2, -0.15) is 0 Å². The highest BCUT2D eigenvalue weighted by atomic mass is 35.5. The van der Waals surface area contributed by atoms with Crippen molar-refractivity contribution in [2.24, 2.45) is 0 Å². The molecule has 0 radical (unpaired) electrons. The van der Waals surface area contributed by atoms with Crippen molar-refractivity contribution in [2.45, 2.75) is 13.0 Å². The van der Waals surface area contributed by atoms with E-state index in [0.29, 0.717) is 11.1 Å². The molecule has 6 heteroatoms. The number of hydrogen-bond acceptors (Lipinski definition) is 4. The predicted octanol–water partition coefficient (Wildman–Crippen LogP) is 1.20. The van der Waals surface area contributed by atoms with Crippen molar-refractivity contribution >= 4 is 12.4 Å². The van der Waals surface area contributed by atoms with Crippen molar-refractivity contribution in [3.05, 3.63) is 29.1 Å². The molecule has 19 heavy (non-hydrogen) atoms. The number of phenolic OH excluding ortho intramolecular Hbond substituents is 1. The van der Waals surface area contributed by atoms with Crippen LogP contribution >= 0.6 is 12.4 Å². The molecule has 0 spiro atoms. The number of hydrogen-bond donors (Lipinski definition) is 3. The molecule has 4 nitrogen and oxygen atoms in total. The molecule has 1 heterocycles. The number of aliphatic hydroxyl groups is 1. The van der Waals surface area contributed by atoms with Gasteiger partial charge in [0.15, 0.2) is 0 Å². The van der Waals surface area contributed by atoms with Crippen LogP contribution in [0.5, 0.6) is 5.75 Å². The van der Waals surface area contributed by atoms with E-state index in [1.807, 2.05) is 0 Å². The van der Waals surface area contributed by atoms with E-state index < -0.39 is 0 Å². The number of nitrogens with one attached hydrogen (secondary N) is 1. The second kappa shape index (κ2) is 7.05. The van der Waals surface area contributed by atoms with Crippen LogP contribution in [-0.2, 0) is 0 Å². The maximum absolute atomic E-state index is 13.4. The summed E-state index contributed by atoms with van der Waals surface area (Å²) < 4.78 is 13.4. The second-order valence-corrected chi connectivity index (χ2v) is 4.64. The third-order valence-electron chi connectivity index (χ3n) is 3.42. The first-order valence-corrected chi connectivity index (χ1v) is 6.18. The van der Waals surface area contributed by atoms with E-state index in [1.165, 1.54) is 12.1 Å². The number of piperazine rings is 1. The highest BCUT2D eigenvalue weighted by Crippen LogP contribution is 2.32. The second-order valence-electron chi connectivity index (χ2n) is 4.64. The molecule has 0 aliphatic carbocycles. The Balaban J connectivity index is 0.00000180. The molecule has 1 fully saturated rings. The molecule has 1 aromatic carbocycles. The minimum absolute atomic E-state index is 0. The summed E-state index contributed by atoms with van der Waals surface area (Å²) in [7, 11) is 0. The lowest BCUT2D eigenvalue weighted by Crippen LogP contribution is -2.46. The summed E-state index contributed by atoms with van der Waals surface area (Å²) in [5.74, 6) is -0.303. The first-order valence-electron chi connectivity index (χ1n) is 6.18. The van der Waals surface area contributed by atoms with Crippen LogP contribution in [0.1, 0.15) is 17.2 Å². The summed E-state index contributed by atoms with van der Waals surface area (Å²) in [4.78, 5) is 2.06. The molecule has 1 aliphatic heterocycles. The first-order chi connectivity index (χ1) is 8.63. The molecule has 0 aromatic heterocycles. The number of benzene rings is 1. The molecule has 108 valence electrons. The van der Waals surface area contributed by atoms with Crippen LogP contribution < -0.4 is 5.32 Å². The maximum Gasteiger partial charge on any atom is 0.124 e. The fourth-order valence-corrected chi connectivity index (χ4v) is 2.42. The van der Waals surface area contributed by atoms with Gasteiger partial charge in [-0.3, -0.25) is 4.90 Å². The lowest BCUT2D eigenvalue weighted by Gasteiger charge is -2.34. The largest absolute Gasteiger partial charge is 0.507 e. The Morgan fingerprint density at radius 1 is 1.37 bits per heavy atom. The van der Waals surface area contributed by atoms with E-state index in [2.05, 4.69) is 10.2 Å². The summed E-state index contributed by atoms with van der Waals surface area (Å²) in [5, 5.41) is 22.8. The van der Waals surface area contributed by atoms with Crippen molar-refractivity contribution in [2.75, 3.05) is 32.8 Å². The lowest BCUT2D eigenvalue weighted by atomic mass is 10.0. The standard InChI is InChI=1S/C13H19FN2O2.ClH/c1-9-6-10(14)7-11(13(9)18)12(8-17)16-4-2-15-3-5-16;/h6-7,12,15,17-18H,2-5,8H2,1H3;1H/t12-;/m1./s1. The van der Waals surface area contributed by atoms with E-state index in [-0.39, 0.29) is 36.6 Å². The average molecular weight is 291 g/mol. The van der Waals surface area contributed by atoms with Crippen molar-refractivity contribution in [3.63, 3.8) is 0 Å². The Bertz CT molecular complexity index is 425. The number of halogens is 2. The van der Waals surface area contributed by atoms with Gasteiger partial charge in [0.1, 0.15) is 11.6 Å². The van der Waals surface area contributed by atoms with Gasteiger partial charge in [-0.15, -0.1) is 12.4 Å². The van der Waals surface area contributed by atoms with Crippen LogP contribution in [0.3, 0.4) is 0 Å². The average Bonchev–Trinajstić information content (AvgIpc) is 2.37. The molecule has 0 bridgehead atoms. The Kier molecular flexibility index (Phi) is 6.00. The molecule has 0 unspecified atom stereocenters. The van der Waals surface area contributed by atoms with E-state index in [4.69, 9.17) is 0 Å². The van der Waals surface area contributed by atoms with Gasteiger partial charge < -0.3 is 15.5 Å². The van der Waals surface area contributed by atoms with Crippen LogP contribution in [0.2, 0.25) is 0 Å². The Labute approximate surface area is 118 Å². The molecule has 3 N–H and O–H groups in total. The zero-order valence-corrected chi connectivity index (χ0v) is 11.7. The molecule has 0 saturated carbocycles. The van der Waals surface area contributed by atoms with E-state index in [0.717, 1.165) is 26.2 Å². The smallest absolute Gasteiger partial charge is 0.124 e. The minimum Gasteiger partial charge on any atom is -0.507 e. The van der Waals surface area contributed by atoms with Gasteiger partial charge in [-0.25, -0.2) is 4.39 Å². The summed E-state index contributed by atoms with van der Waals surface area (Å²) in [5.41, 5.74) is 0.968. The molecule has 1 saturated heterocycles. The quantitative estimate of drug-likeness (QED) is 0.783. The van der Waals surface area contributed by atoms with Crippen molar-refractivity contribution in [1.29, 1.82) is 0 Å². The molecule has 1 aromatic rings. The monoisotopic (exact) mass is 290 g/mol. The van der Waals surface area contributed by atoms with Crippen molar-refractivity contribution in [3.8, 4) is 5.75 Å². The lowest BCUT2D eigenvalue weighted by molar-refractivity contribution is 0.108. The van der Waals surface area contributed by atoms with Gasteiger partial charge in [-0.1, -0.05) is 0 Å². The van der Waals surface area contributed by atoms with Gasteiger partial charge in [0, 0.05) is 31.7 Å². The van der Waals surface area contributed by atoms with Gasteiger partial charge in [-0.05, 0) is 24.6 Å². The zero-order chi connectivity index (χ0) is 13.1. The van der Waals surface area contributed by atoms with E-state index >= 15 is 0 Å². The van der Waals surface area contributed by atoms with Gasteiger partial charge in [0.05, 0.1) is 12.6 Å². The summed E-state index contributed by atoms with van der Waals surface area (Å²) in [6, 6.07) is 2.26. The highest BCUT2D eigenvalue weighted by Gasteiger charge is 2.25. The molecule has 1 atom stereocenters. The highest BCUT2D eigenvalue weighted by molar-refractivity contribution is 5.85. The predicted molar refractivity (Wildman–Crippen MR) is 74.3 cm³/mol.